The molecule has 3 rings (SSSR count). The number of aromatic nitrogens is 1. The number of benzene rings is 2. The van der Waals surface area contributed by atoms with Crippen LogP contribution in [0.3, 0.4) is 0 Å². The predicted octanol–water partition coefficient (Wildman–Crippen LogP) is 5.99. The van der Waals surface area contributed by atoms with Crippen LogP contribution in [0.4, 0.5) is 0 Å². The summed E-state index contributed by atoms with van der Waals surface area (Å²) in [5.74, 6) is 1.83. The minimum atomic E-state index is 0.466. The van der Waals surface area contributed by atoms with Crippen LogP contribution in [-0.4, -0.2) is 12.1 Å². The fourth-order valence-electron chi connectivity index (χ4n) is 2.88. The Kier molecular flexibility index (Phi) is 7.04. The molecular weight excluding hydrogens is 380 g/mol. The summed E-state index contributed by atoms with van der Waals surface area (Å²) in [7, 11) is 1.61. The third kappa shape index (κ3) is 5.69. The maximum absolute atomic E-state index is 9.62. The number of nitrogens with zero attached hydrogens (tertiary/aromatic N) is 2. The molecule has 0 unspecified atom stereocenters. The van der Waals surface area contributed by atoms with Crippen molar-refractivity contribution >= 4 is 23.0 Å². The van der Waals surface area contributed by atoms with Gasteiger partial charge in [0, 0.05) is 5.38 Å². The number of ether oxygens (including phenoxy) is 2. The summed E-state index contributed by atoms with van der Waals surface area (Å²) in [6.45, 7) is 4.79. The van der Waals surface area contributed by atoms with Gasteiger partial charge in [-0.1, -0.05) is 50.2 Å². The predicted molar refractivity (Wildman–Crippen MR) is 118 cm³/mol. The van der Waals surface area contributed by atoms with Gasteiger partial charge in [-0.15, -0.1) is 11.3 Å². The van der Waals surface area contributed by atoms with Crippen molar-refractivity contribution in [1.29, 1.82) is 5.26 Å². The first-order chi connectivity index (χ1) is 14.1. The Morgan fingerprint density at radius 3 is 2.66 bits per heavy atom. The van der Waals surface area contributed by atoms with Crippen LogP contribution < -0.4 is 9.47 Å². The largest absolute Gasteiger partial charge is 0.493 e. The van der Waals surface area contributed by atoms with E-state index < -0.39 is 0 Å². The van der Waals surface area contributed by atoms with Crippen molar-refractivity contribution < 1.29 is 9.47 Å². The molecule has 0 saturated heterocycles. The van der Waals surface area contributed by atoms with Gasteiger partial charge >= 0.3 is 0 Å². The minimum absolute atomic E-state index is 0.466. The van der Waals surface area contributed by atoms with E-state index in [1.54, 1.807) is 7.11 Å². The first-order valence-corrected chi connectivity index (χ1v) is 10.4. The Morgan fingerprint density at radius 2 is 1.97 bits per heavy atom. The molecule has 2 aromatic carbocycles. The molecular formula is C24H24N2O2S. The monoisotopic (exact) mass is 404 g/mol. The molecule has 0 spiro atoms. The van der Waals surface area contributed by atoms with Gasteiger partial charge in [0.2, 0.25) is 0 Å². The Bertz CT molecular complexity index is 1020. The number of thiazole rings is 1. The van der Waals surface area contributed by atoms with Crippen LogP contribution in [0.2, 0.25) is 0 Å². The summed E-state index contributed by atoms with van der Waals surface area (Å²) in [5, 5.41) is 12.4. The van der Waals surface area contributed by atoms with E-state index in [1.807, 2.05) is 60.0 Å². The van der Waals surface area contributed by atoms with Gasteiger partial charge in [-0.05, 0) is 41.7 Å². The van der Waals surface area contributed by atoms with Gasteiger partial charge in [0.25, 0.3) is 0 Å². The summed E-state index contributed by atoms with van der Waals surface area (Å²) in [6, 6.07) is 17.9. The highest BCUT2D eigenvalue weighted by molar-refractivity contribution is 7.11. The minimum Gasteiger partial charge on any atom is -0.493 e. The lowest BCUT2D eigenvalue weighted by atomic mass is 10.1. The summed E-state index contributed by atoms with van der Waals surface area (Å²) in [4.78, 5) is 4.61. The molecule has 5 heteroatoms. The third-order valence-electron chi connectivity index (χ3n) is 4.26. The molecule has 0 amide bonds. The third-order valence-corrected chi connectivity index (χ3v) is 5.18. The van der Waals surface area contributed by atoms with Crippen molar-refractivity contribution in [1.82, 2.24) is 4.98 Å². The van der Waals surface area contributed by atoms with E-state index in [4.69, 9.17) is 9.47 Å². The smallest absolute Gasteiger partial charge is 0.161 e. The average Bonchev–Trinajstić information content (AvgIpc) is 3.19. The van der Waals surface area contributed by atoms with Gasteiger partial charge < -0.3 is 9.47 Å². The number of methoxy groups -OCH3 is 1. The topological polar surface area (TPSA) is 55.1 Å². The number of nitriles is 1. The van der Waals surface area contributed by atoms with E-state index in [0.29, 0.717) is 29.6 Å². The lowest BCUT2D eigenvalue weighted by molar-refractivity contribution is 0.284. The van der Waals surface area contributed by atoms with Crippen LogP contribution in [0.25, 0.3) is 11.6 Å². The van der Waals surface area contributed by atoms with Gasteiger partial charge in [0.1, 0.15) is 17.7 Å². The molecule has 0 N–H and O–H groups in total. The van der Waals surface area contributed by atoms with E-state index in [1.165, 1.54) is 11.3 Å². The van der Waals surface area contributed by atoms with Crippen molar-refractivity contribution in [2.75, 3.05) is 7.11 Å². The van der Waals surface area contributed by atoms with E-state index in [0.717, 1.165) is 28.2 Å². The van der Waals surface area contributed by atoms with E-state index >= 15 is 0 Å². The molecule has 0 radical (unpaired) electrons. The van der Waals surface area contributed by atoms with Crippen LogP contribution in [0, 0.1) is 17.2 Å². The molecule has 3 aromatic rings. The highest BCUT2D eigenvalue weighted by Crippen LogP contribution is 2.31. The molecule has 4 nitrogen and oxygen atoms in total. The Morgan fingerprint density at radius 1 is 1.17 bits per heavy atom. The zero-order chi connectivity index (χ0) is 20.6. The number of allylic oxidation sites excluding steroid dienone is 1. The zero-order valence-electron chi connectivity index (χ0n) is 16.9. The highest BCUT2D eigenvalue weighted by atomic mass is 32.1. The van der Waals surface area contributed by atoms with Crippen LogP contribution in [0.5, 0.6) is 11.5 Å². The van der Waals surface area contributed by atoms with E-state index in [2.05, 4.69) is 24.9 Å². The van der Waals surface area contributed by atoms with Crippen molar-refractivity contribution in [3.63, 3.8) is 0 Å². The number of hydrogen-bond donors (Lipinski definition) is 0. The fourth-order valence-corrected chi connectivity index (χ4v) is 3.68. The summed E-state index contributed by atoms with van der Waals surface area (Å²) in [6.07, 6.45) is 2.75. The SMILES string of the molecule is COc1cc(/C=C(\C#N)c2nc(CC(C)C)cs2)ccc1OCc1ccccc1. The van der Waals surface area contributed by atoms with Gasteiger partial charge in [0.15, 0.2) is 11.5 Å². The first kappa shape index (κ1) is 20.6. The van der Waals surface area contributed by atoms with E-state index in [-0.39, 0.29) is 0 Å². The zero-order valence-corrected chi connectivity index (χ0v) is 17.7. The molecule has 0 aliphatic rings. The Labute approximate surface area is 176 Å². The molecule has 0 atom stereocenters. The quantitative estimate of drug-likeness (QED) is 0.433. The fraction of sp³-hybridized carbons (Fsp3) is 0.250. The molecule has 148 valence electrons. The molecule has 29 heavy (non-hydrogen) atoms. The van der Waals surface area contributed by atoms with Gasteiger partial charge in [-0.25, -0.2) is 4.98 Å². The van der Waals surface area contributed by atoms with Gasteiger partial charge in [-0.3, -0.25) is 0 Å². The summed E-state index contributed by atoms with van der Waals surface area (Å²) in [5.41, 5.74) is 3.53. The Balaban J connectivity index is 1.79. The van der Waals surface area contributed by atoms with Crippen molar-refractivity contribution in [3.05, 3.63) is 75.7 Å². The Hall–Kier alpha value is -3.10. The molecule has 0 fully saturated rings. The molecule has 0 saturated carbocycles. The highest BCUT2D eigenvalue weighted by Gasteiger charge is 2.11. The van der Waals surface area contributed by atoms with Crippen LogP contribution in [-0.2, 0) is 13.0 Å². The lowest BCUT2D eigenvalue weighted by Gasteiger charge is -2.11. The maximum Gasteiger partial charge on any atom is 0.161 e. The molecule has 0 aliphatic heterocycles. The second kappa shape index (κ2) is 9.90. The van der Waals surface area contributed by atoms with Crippen LogP contribution in [0.1, 0.15) is 35.7 Å². The van der Waals surface area contributed by atoms with Crippen molar-refractivity contribution in [2.24, 2.45) is 5.92 Å². The summed E-state index contributed by atoms with van der Waals surface area (Å²) >= 11 is 1.50. The van der Waals surface area contributed by atoms with Gasteiger partial charge in [0.05, 0.1) is 18.4 Å². The normalized spacial score (nSPS) is 11.3. The van der Waals surface area contributed by atoms with Crippen LogP contribution >= 0.6 is 11.3 Å². The number of rotatable bonds is 8. The molecule has 0 bridgehead atoms. The summed E-state index contributed by atoms with van der Waals surface area (Å²) < 4.78 is 11.4. The average molecular weight is 405 g/mol. The van der Waals surface area contributed by atoms with Crippen molar-refractivity contribution in [3.8, 4) is 17.6 Å². The number of hydrogen-bond acceptors (Lipinski definition) is 5. The second-order valence-corrected chi connectivity index (χ2v) is 7.95. The first-order valence-electron chi connectivity index (χ1n) is 9.50. The maximum atomic E-state index is 9.62. The molecule has 0 aliphatic carbocycles. The van der Waals surface area contributed by atoms with E-state index in [9.17, 15) is 5.26 Å². The molecule has 1 aromatic heterocycles. The second-order valence-electron chi connectivity index (χ2n) is 7.10. The molecule has 1 heterocycles. The standard InChI is InChI=1S/C24H24N2O2S/c1-17(2)11-21-16-29-24(26-21)20(14-25)12-19-9-10-22(23(13-19)27-3)28-15-18-7-5-4-6-8-18/h4-10,12-13,16-17H,11,15H2,1-3H3/b20-12+. The van der Waals surface area contributed by atoms with Crippen molar-refractivity contribution in [2.45, 2.75) is 26.9 Å². The van der Waals surface area contributed by atoms with Crippen LogP contribution in [0.15, 0.2) is 53.9 Å². The van der Waals surface area contributed by atoms with Gasteiger partial charge in [-0.2, -0.15) is 5.26 Å². The lowest BCUT2D eigenvalue weighted by Crippen LogP contribution is -1.97.